The van der Waals surface area contributed by atoms with E-state index < -0.39 is 16.1 Å². The van der Waals surface area contributed by atoms with Crippen LogP contribution in [0.4, 0.5) is 4.79 Å². The highest BCUT2D eigenvalue weighted by atomic mass is 32.2. The molecule has 6 rings (SSSR count). The van der Waals surface area contributed by atoms with Crippen molar-refractivity contribution in [3.63, 3.8) is 0 Å². The van der Waals surface area contributed by atoms with Gasteiger partial charge in [-0.05, 0) is 148 Å². The zero-order valence-corrected chi connectivity index (χ0v) is 27.6. The summed E-state index contributed by atoms with van der Waals surface area (Å²) in [6.07, 6.45) is 12.0. The minimum atomic E-state index is -4.07. The lowest BCUT2D eigenvalue weighted by atomic mass is 9.43. The normalized spacial score (nSPS) is 39.8. The number of hydrogen-bond acceptors (Lipinski definition) is 7. The number of ether oxygens (including phenoxy) is 2. The van der Waals surface area contributed by atoms with Gasteiger partial charge in [0.05, 0.1) is 29.8 Å². The lowest BCUT2D eigenvalue weighted by Crippen LogP contribution is -2.58. The summed E-state index contributed by atoms with van der Waals surface area (Å²) in [5.74, 6) is 2.61. The maximum absolute atomic E-state index is 12.9. The summed E-state index contributed by atoms with van der Waals surface area (Å²) in [5.41, 5.74) is 0.232. The van der Waals surface area contributed by atoms with Crippen LogP contribution in [0.15, 0.2) is 29.2 Å². The van der Waals surface area contributed by atoms with E-state index in [1.54, 1.807) is 12.1 Å². The second kappa shape index (κ2) is 12.4. The van der Waals surface area contributed by atoms with Crippen LogP contribution in [0.5, 0.6) is 5.75 Å². The SMILES string of the molecule is C[C@H](COC(=O)NS(=O)(=O)c1ccc(OC2CCCCC2)cc1)[C@H]1CC[C@H]2[C@@H]3[C@H](O)C[C@@H]4C[C@H](O)CC[C@]4(C)[C@H]3CC[C@]12C. The number of hydrogen-bond donors (Lipinski definition) is 3. The average Bonchev–Trinajstić information content (AvgIpc) is 3.34. The Balaban J connectivity index is 1.04. The Kier molecular flexibility index (Phi) is 9.05. The molecular formula is C35H53NO7S. The molecule has 1 amide bonds. The zero-order chi connectivity index (χ0) is 31.3. The molecule has 5 aliphatic carbocycles. The van der Waals surface area contributed by atoms with Gasteiger partial charge >= 0.3 is 6.09 Å². The average molecular weight is 632 g/mol. The van der Waals surface area contributed by atoms with Gasteiger partial charge in [-0.15, -0.1) is 0 Å². The van der Waals surface area contributed by atoms with Gasteiger partial charge in [0, 0.05) is 0 Å². The van der Waals surface area contributed by atoms with E-state index in [2.05, 4.69) is 25.5 Å². The van der Waals surface area contributed by atoms with E-state index in [1.807, 2.05) is 0 Å². The first-order valence-corrected chi connectivity index (χ1v) is 18.7. The zero-order valence-electron chi connectivity index (χ0n) is 26.7. The molecule has 0 spiro atoms. The molecule has 5 saturated carbocycles. The lowest BCUT2D eigenvalue weighted by molar-refractivity contribution is -0.174. The van der Waals surface area contributed by atoms with Crippen LogP contribution in [0.3, 0.4) is 0 Å². The highest BCUT2D eigenvalue weighted by Gasteiger charge is 2.63. The Morgan fingerprint density at radius 1 is 0.932 bits per heavy atom. The van der Waals surface area contributed by atoms with E-state index in [9.17, 15) is 23.4 Å². The van der Waals surface area contributed by atoms with Crippen molar-refractivity contribution < 1.29 is 32.9 Å². The second-order valence-corrected chi connectivity index (χ2v) is 17.2. The minimum absolute atomic E-state index is 0.00384. The molecule has 246 valence electrons. The number of amides is 1. The van der Waals surface area contributed by atoms with Gasteiger partial charge in [0.2, 0.25) is 0 Å². The van der Waals surface area contributed by atoms with E-state index >= 15 is 0 Å². The van der Waals surface area contributed by atoms with Crippen molar-refractivity contribution in [2.24, 2.45) is 46.3 Å². The summed E-state index contributed by atoms with van der Waals surface area (Å²) in [7, 11) is -4.07. The van der Waals surface area contributed by atoms with Crippen molar-refractivity contribution in [2.75, 3.05) is 6.61 Å². The third-order valence-corrected chi connectivity index (χ3v) is 14.4. The number of carbonyl (C=O) groups excluding carboxylic acids is 1. The van der Waals surface area contributed by atoms with Gasteiger partial charge in [0.1, 0.15) is 5.75 Å². The van der Waals surface area contributed by atoms with Crippen molar-refractivity contribution in [1.29, 1.82) is 0 Å². The van der Waals surface area contributed by atoms with Crippen molar-refractivity contribution >= 4 is 16.1 Å². The number of aliphatic hydroxyl groups is 2. The van der Waals surface area contributed by atoms with Gasteiger partial charge in [0.15, 0.2) is 0 Å². The Hall–Kier alpha value is -1.84. The standard InChI is InChI=1S/C35H53NO7S/c1-22(21-42-33(39)36-44(40,41)27-11-9-26(10-12-27)43-25-7-5-4-6-8-25)28-13-14-29-32-30(16-18-35(28,29)3)34(2)17-15-24(37)19-23(34)20-31(32)38/h9-12,22-25,28-32,37-38H,4-8,13-21H2,1-3H3,(H,36,39)/t22-,23+,24-,28-,29+,30+,31-,32+,34+,35-/m1/s1. The summed E-state index contributed by atoms with van der Waals surface area (Å²) in [4.78, 5) is 12.7. The molecule has 0 aliphatic heterocycles. The molecule has 8 nitrogen and oxygen atoms in total. The molecule has 1 aromatic rings. The topological polar surface area (TPSA) is 122 Å². The van der Waals surface area contributed by atoms with Crippen LogP contribution in [0.2, 0.25) is 0 Å². The van der Waals surface area contributed by atoms with Crippen LogP contribution in [0, 0.1) is 46.3 Å². The van der Waals surface area contributed by atoms with Gasteiger partial charge in [0.25, 0.3) is 10.0 Å². The molecule has 9 heteroatoms. The maximum atomic E-state index is 12.9. The number of nitrogens with one attached hydrogen (secondary N) is 1. The molecule has 0 radical (unpaired) electrons. The third kappa shape index (κ3) is 6.02. The van der Waals surface area contributed by atoms with Gasteiger partial charge < -0.3 is 19.7 Å². The number of sulfonamides is 1. The van der Waals surface area contributed by atoms with Crippen LogP contribution in [0.1, 0.15) is 104 Å². The van der Waals surface area contributed by atoms with E-state index in [0.717, 1.165) is 77.0 Å². The highest BCUT2D eigenvalue weighted by Crippen LogP contribution is 2.68. The number of carbonyl (C=O) groups is 1. The summed E-state index contributed by atoms with van der Waals surface area (Å²) in [5, 5.41) is 21.8. The second-order valence-electron chi connectivity index (χ2n) is 15.5. The molecule has 44 heavy (non-hydrogen) atoms. The highest BCUT2D eigenvalue weighted by molar-refractivity contribution is 7.90. The first-order valence-electron chi connectivity index (χ1n) is 17.2. The molecule has 0 heterocycles. The van der Waals surface area contributed by atoms with Gasteiger partial charge in [-0.1, -0.05) is 27.2 Å². The van der Waals surface area contributed by atoms with Crippen molar-refractivity contribution in [3.05, 3.63) is 24.3 Å². The Bertz CT molecular complexity index is 1280. The van der Waals surface area contributed by atoms with E-state index in [-0.39, 0.29) is 52.5 Å². The van der Waals surface area contributed by atoms with Crippen molar-refractivity contribution in [1.82, 2.24) is 4.72 Å². The van der Waals surface area contributed by atoms with Crippen LogP contribution in [0.25, 0.3) is 0 Å². The van der Waals surface area contributed by atoms with E-state index in [1.165, 1.54) is 18.6 Å². The number of fused-ring (bicyclic) bond motifs is 5. The van der Waals surface area contributed by atoms with Crippen molar-refractivity contribution in [2.45, 2.75) is 127 Å². The van der Waals surface area contributed by atoms with Gasteiger partial charge in [-0.3, -0.25) is 0 Å². The van der Waals surface area contributed by atoms with Gasteiger partial charge in [-0.25, -0.2) is 17.9 Å². The van der Waals surface area contributed by atoms with E-state index in [0.29, 0.717) is 29.4 Å². The van der Waals surface area contributed by atoms with Crippen LogP contribution >= 0.6 is 0 Å². The van der Waals surface area contributed by atoms with E-state index in [4.69, 9.17) is 9.47 Å². The molecular weight excluding hydrogens is 578 g/mol. The molecule has 5 aliphatic rings. The molecule has 3 N–H and O–H groups in total. The number of aliphatic hydroxyl groups excluding tert-OH is 2. The van der Waals surface area contributed by atoms with Crippen LogP contribution < -0.4 is 9.46 Å². The van der Waals surface area contributed by atoms with Gasteiger partial charge in [-0.2, -0.15) is 0 Å². The predicted molar refractivity (Wildman–Crippen MR) is 167 cm³/mol. The Morgan fingerprint density at radius 2 is 1.61 bits per heavy atom. The monoisotopic (exact) mass is 631 g/mol. The summed E-state index contributed by atoms with van der Waals surface area (Å²) < 4.78 is 39.4. The molecule has 0 saturated heterocycles. The fraction of sp³-hybridized carbons (Fsp3) is 0.800. The Labute approximate surface area is 263 Å². The van der Waals surface area contributed by atoms with Crippen LogP contribution in [-0.2, 0) is 14.8 Å². The van der Waals surface area contributed by atoms with Crippen molar-refractivity contribution in [3.8, 4) is 5.75 Å². The first kappa shape index (κ1) is 32.1. The minimum Gasteiger partial charge on any atom is -0.490 e. The first-order chi connectivity index (χ1) is 20.9. The quantitative estimate of drug-likeness (QED) is 0.317. The largest absolute Gasteiger partial charge is 0.490 e. The summed E-state index contributed by atoms with van der Waals surface area (Å²) in [6, 6.07) is 6.21. The number of benzene rings is 1. The third-order valence-electron chi connectivity index (χ3n) is 13.1. The molecule has 0 unspecified atom stereocenters. The maximum Gasteiger partial charge on any atom is 0.421 e. The fourth-order valence-electron chi connectivity index (χ4n) is 10.8. The smallest absolute Gasteiger partial charge is 0.421 e. The summed E-state index contributed by atoms with van der Waals surface area (Å²) in [6.45, 7) is 7.05. The molecule has 5 fully saturated rings. The fourth-order valence-corrected chi connectivity index (χ4v) is 11.7. The predicted octanol–water partition coefficient (Wildman–Crippen LogP) is 6.44. The Morgan fingerprint density at radius 3 is 2.34 bits per heavy atom. The summed E-state index contributed by atoms with van der Waals surface area (Å²) >= 11 is 0. The molecule has 1 aromatic carbocycles. The molecule has 10 atom stereocenters. The number of rotatable bonds is 7. The lowest BCUT2D eigenvalue weighted by Gasteiger charge is -2.62. The van der Waals surface area contributed by atoms with Crippen LogP contribution in [-0.4, -0.2) is 49.6 Å². The molecule has 0 bridgehead atoms. The molecule has 0 aromatic heterocycles.